The summed E-state index contributed by atoms with van der Waals surface area (Å²) < 4.78 is 0. The van der Waals surface area contributed by atoms with Gasteiger partial charge in [-0.05, 0) is 52.9 Å². The zero-order valence-corrected chi connectivity index (χ0v) is 22.3. The Morgan fingerprint density at radius 2 is 0.938 bits per heavy atom. The first kappa shape index (κ1) is 29.5. The van der Waals surface area contributed by atoms with E-state index in [1.807, 2.05) is 0 Å². The maximum absolute atomic E-state index is 10.5. The standard InChI is InChI=1S/C29H57NO2/c1-28(2)24-26(25-29(3,4)30-28)22-20-18-16-14-12-10-8-6-5-7-9-11-13-15-17-19-21-23-27(31)32/h26,30H,5-25H2,1-4H3,(H,31,32). The van der Waals surface area contributed by atoms with E-state index in [0.29, 0.717) is 17.5 Å². The van der Waals surface area contributed by atoms with E-state index < -0.39 is 5.97 Å². The fraction of sp³-hybridized carbons (Fsp3) is 0.966. The van der Waals surface area contributed by atoms with Gasteiger partial charge in [0, 0.05) is 17.5 Å². The molecule has 0 amide bonds. The number of carbonyl (C=O) groups is 1. The van der Waals surface area contributed by atoms with Gasteiger partial charge in [0.15, 0.2) is 0 Å². The molecule has 1 heterocycles. The number of carboxylic acids is 1. The van der Waals surface area contributed by atoms with E-state index >= 15 is 0 Å². The molecule has 190 valence electrons. The molecule has 1 fully saturated rings. The Bertz CT molecular complexity index is 456. The summed E-state index contributed by atoms with van der Waals surface area (Å²) in [5.41, 5.74) is 0.605. The third-order valence-corrected chi connectivity index (χ3v) is 7.28. The third-order valence-electron chi connectivity index (χ3n) is 7.28. The van der Waals surface area contributed by atoms with Crippen molar-refractivity contribution in [1.29, 1.82) is 0 Å². The number of carboxylic acid groups (broad SMARTS) is 1. The van der Waals surface area contributed by atoms with E-state index in [1.165, 1.54) is 116 Å². The number of hydrogen-bond donors (Lipinski definition) is 2. The highest BCUT2D eigenvalue weighted by Crippen LogP contribution is 2.35. The molecule has 0 radical (unpaired) electrons. The van der Waals surface area contributed by atoms with Gasteiger partial charge in [-0.2, -0.15) is 0 Å². The molecule has 3 nitrogen and oxygen atoms in total. The van der Waals surface area contributed by atoms with Gasteiger partial charge in [-0.3, -0.25) is 4.79 Å². The maximum atomic E-state index is 10.5. The van der Waals surface area contributed by atoms with E-state index in [1.54, 1.807) is 0 Å². The molecule has 1 rings (SSSR count). The van der Waals surface area contributed by atoms with Crippen LogP contribution in [-0.2, 0) is 4.79 Å². The van der Waals surface area contributed by atoms with Crippen LogP contribution < -0.4 is 5.32 Å². The summed E-state index contributed by atoms with van der Waals surface area (Å²) in [5.74, 6) is 0.256. The van der Waals surface area contributed by atoms with E-state index in [9.17, 15) is 4.79 Å². The minimum Gasteiger partial charge on any atom is -0.481 e. The van der Waals surface area contributed by atoms with Crippen LogP contribution in [0, 0.1) is 5.92 Å². The molecule has 0 aromatic rings. The van der Waals surface area contributed by atoms with Gasteiger partial charge in [0.1, 0.15) is 0 Å². The molecule has 0 unspecified atom stereocenters. The average molecular weight is 452 g/mol. The molecule has 0 atom stereocenters. The Hall–Kier alpha value is -0.570. The Balaban J connectivity index is 1.78. The fourth-order valence-corrected chi connectivity index (χ4v) is 6.10. The topological polar surface area (TPSA) is 49.3 Å². The Morgan fingerprint density at radius 1 is 0.625 bits per heavy atom. The highest BCUT2D eigenvalue weighted by Gasteiger charge is 2.36. The molecule has 0 bridgehead atoms. The summed E-state index contributed by atoms with van der Waals surface area (Å²) in [6, 6.07) is 0. The van der Waals surface area contributed by atoms with Crippen LogP contribution in [0.3, 0.4) is 0 Å². The number of aliphatic carboxylic acids is 1. The largest absolute Gasteiger partial charge is 0.481 e. The summed E-state index contributed by atoms with van der Waals surface area (Å²) in [6.07, 6.45) is 27.3. The number of hydrogen-bond acceptors (Lipinski definition) is 2. The van der Waals surface area contributed by atoms with Crippen molar-refractivity contribution >= 4 is 5.97 Å². The SMILES string of the molecule is CC1(C)CC(CCCCCCCCCCCCCCCCCCCC(=O)O)CC(C)(C)N1. The first-order valence-electron chi connectivity index (χ1n) is 14.2. The van der Waals surface area contributed by atoms with E-state index in [2.05, 4.69) is 33.0 Å². The zero-order chi connectivity index (χ0) is 23.7. The predicted octanol–water partition coefficient (Wildman–Crippen LogP) is 9.04. The van der Waals surface area contributed by atoms with E-state index in [0.717, 1.165) is 18.8 Å². The van der Waals surface area contributed by atoms with Crippen molar-refractivity contribution in [3.05, 3.63) is 0 Å². The first-order chi connectivity index (χ1) is 15.2. The third kappa shape index (κ3) is 17.0. The van der Waals surface area contributed by atoms with Gasteiger partial charge >= 0.3 is 5.97 Å². The maximum Gasteiger partial charge on any atom is 0.303 e. The summed E-state index contributed by atoms with van der Waals surface area (Å²) >= 11 is 0. The summed E-state index contributed by atoms with van der Waals surface area (Å²) in [5, 5.41) is 12.4. The molecule has 1 aliphatic heterocycles. The van der Waals surface area contributed by atoms with Gasteiger partial charge < -0.3 is 10.4 Å². The van der Waals surface area contributed by atoms with Crippen molar-refractivity contribution < 1.29 is 9.90 Å². The van der Waals surface area contributed by atoms with Crippen LogP contribution in [0.15, 0.2) is 0 Å². The molecule has 0 spiro atoms. The van der Waals surface area contributed by atoms with Gasteiger partial charge in [0.05, 0.1) is 0 Å². The van der Waals surface area contributed by atoms with Crippen LogP contribution in [0.1, 0.15) is 163 Å². The van der Waals surface area contributed by atoms with Crippen molar-refractivity contribution in [1.82, 2.24) is 5.32 Å². The van der Waals surface area contributed by atoms with E-state index in [4.69, 9.17) is 5.11 Å². The Morgan fingerprint density at radius 3 is 1.28 bits per heavy atom. The Kier molecular flexibility index (Phi) is 15.6. The van der Waals surface area contributed by atoms with Crippen molar-refractivity contribution in [2.75, 3.05) is 0 Å². The van der Waals surface area contributed by atoms with Gasteiger partial charge in [-0.25, -0.2) is 0 Å². The van der Waals surface area contributed by atoms with Crippen LogP contribution in [-0.4, -0.2) is 22.2 Å². The molecule has 0 aromatic heterocycles. The minimum atomic E-state index is -0.651. The monoisotopic (exact) mass is 451 g/mol. The van der Waals surface area contributed by atoms with Crippen molar-refractivity contribution in [2.45, 2.75) is 174 Å². The predicted molar refractivity (Wildman–Crippen MR) is 139 cm³/mol. The van der Waals surface area contributed by atoms with Gasteiger partial charge in [-0.1, -0.05) is 109 Å². The van der Waals surface area contributed by atoms with Crippen LogP contribution in [0.4, 0.5) is 0 Å². The molecule has 1 aliphatic rings. The number of rotatable bonds is 20. The second kappa shape index (κ2) is 17.0. The van der Waals surface area contributed by atoms with Crippen LogP contribution in [0.5, 0.6) is 0 Å². The zero-order valence-electron chi connectivity index (χ0n) is 22.3. The van der Waals surface area contributed by atoms with Crippen molar-refractivity contribution in [3.8, 4) is 0 Å². The minimum absolute atomic E-state index is 0.303. The lowest BCUT2D eigenvalue weighted by atomic mass is 9.74. The second-order valence-electron chi connectivity index (χ2n) is 12.1. The molecule has 32 heavy (non-hydrogen) atoms. The normalized spacial score (nSPS) is 18.1. The molecule has 0 aromatic carbocycles. The molecule has 1 saturated heterocycles. The summed E-state index contributed by atoms with van der Waals surface area (Å²) in [4.78, 5) is 10.5. The molecule has 2 N–H and O–H groups in total. The highest BCUT2D eigenvalue weighted by molar-refractivity contribution is 5.66. The lowest BCUT2D eigenvalue weighted by Gasteiger charge is -2.46. The van der Waals surface area contributed by atoms with Crippen LogP contribution in [0.2, 0.25) is 0 Å². The highest BCUT2D eigenvalue weighted by atomic mass is 16.4. The molecule has 0 saturated carbocycles. The molecule has 0 aliphatic carbocycles. The number of nitrogens with one attached hydrogen (secondary N) is 1. The molecular formula is C29H57NO2. The molecule has 3 heteroatoms. The number of unbranched alkanes of at least 4 members (excludes halogenated alkanes) is 16. The lowest BCUT2D eigenvalue weighted by Crippen LogP contribution is -2.57. The van der Waals surface area contributed by atoms with E-state index in [-0.39, 0.29) is 0 Å². The van der Waals surface area contributed by atoms with Gasteiger partial charge in [-0.15, -0.1) is 0 Å². The van der Waals surface area contributed by atoms with Crippen LogP contribution in [0.25, 0.3) is 0 Å². The van der Waals surface area contributed by atoms with Crippen molar-refractivity contribution in [3.63, 3.8) is 0 Å². The average Bonchev–Trinajstić information content (AvgIpc) is 2.67. The smallest absolute Gasteiger partial charge is 0.303 e. The van der Waals surface area contributed by atoms with Gasteiger partial charge in [0.2, 0.25) is 0 Å². The summed E-state index contributed by atoms with van der Waals surface area (Å²) in [6.45, 7) is 9.49. The lowest BCUT2D eigenvalue weighted by molar-refractivity contribution is -0.137. The Labute approximate surface area is 200 Å². The summed E-state index contributed by atoms with van der Waals surface area (Å²) in [7, 11) is 0. The fourth-order valence-electron chi connectivity index (χ4n) is 6.10. The number of piperidine rings is 1. The quantitative estimate of drug-likeness (QED) is 0.181. The molecular weight excluding hydrogens is 394 g/mol. The second-order valence-corrected chi connectivity index (χ2v) is 12.1. The van der Waals surface area contributed by atoms with Crippen molar-refractivity contribution in [2.24, 2.45) is 5.92 Å². The van der Waals surface area contributed by atoms with Gasteiger partial charge in [0.25, 0.3) is 0 Å². The van der Waals surface area contributed by atoms with Crippen LogP contribution >= 0.6 is 0 Å². The first-order valence-corrected chi connectivity index (χ1v) is 14.2.